The van der Waals surface area contributed by atoms with Crippen LogP contribution in [0, 0.1) is 0 Å². The third kappa shape index (κ3) is 5.08. The molecule has 27 heavy (non-hydrogen) atoms. The molecule has 0 saturated heterocycles. The monoisotopic (exact) mass is 384 g/mol. The van der Waals surface area contributed by atoms with Crippen molar-refractivity contribution in [2.75, 3.05) is 11.9 Å². The minimum Gasteiger partial charge on any atom is -0.473 e. The maximum atomic E-state index is 12.3. The molecule has 2 heterocycles. The van der Waals surface area contributed by atoms with Crippen molar-refractivity contribution in [1.82, 2.24) is 15.0 Å². The van der Waals surface area contributed by atoms with Crippen molar-refractivity contribution < 1.29 is 19.1 Å². The van der Waals surface area contributed by atoms with Crippen LogP contribution in [-0.2, 0) is 11.3 Å². The molecule has 0 aliphatic rings. The topological polar surface area (TPSA) is 103 Å². The van der Waals surface area contributed by atoms with Gasteiger partial charge in [-0.15, -0.1) is 11.3 Å². The highest BCUT2D eigenvalue weighted by atomic mass is 32.1. The van der Waals surface area contributed by atoms with E-state index in [1.54, 1.807) is 6.92 Å². The quantitative estimate of drug-likeness (QED) is 0.625. The molecule has 0 saturated carbocycles. The minimum atomic E-state index is -0.534. The third-order valence-electron chi connectivity index (χ3n) is 3.31. The van der Waals surface area contributed by atoms with Gasteiger partial charge in [0, 0.05) is 11.4 Å². The molecular formula is C18H16N4O4S. The summed E-state index contributed by atoms with van der Waals surface area (Å²) in [5.41, 5.74) is 1.25. The van der Waals surface area contributed by atoms with Crippen LogP contribution in [0.2, 0.25) is 0 Å². The average Bonchev–Trinajstić information content (AvgIpc) is 3.16. The zero-order valence-corrected chi connectivity index (χ0v) is 15.2. The van der Waals surface area contributed by atoms with Gasteiger partial charge in [-0.2, -0.15) is 0 Å². The molecule has 3 rings (SSSR count). The molecule has 138 valence electrons. The number of rotatable bonds is 7. The van der Waals surface area contributed by atoms with E-state index in [2.05, 4.69) is 20.3 Å². The summed E-state index contributed by atoms with van der Waals surface area (Å²) in [7, 11) is 0. The van der Waals surface area contributed by atoms with E-state index < -0.39 is 11.9 Å². The Balaban J connectivity index is 1.62. The fourth-order valence-electron chi connectivity index (χ4n) is 2.07. The second kappa shape index (κ2) is 8.86. The van der Waals surface area contributed by atoms with Crippen molar-refractivity contribution in [3.8, 4) is 5.88 Å². The molecule has 1 amide bonds. The van der Waals surface area contributed by atoms with E-state index in [1.807, 2.05) is 30.3 Å². The summed E-state index contributed by atoms with van der Waals surface area (Å²) in [4.78, 5) is 35.9. The lowest BCUT2D eigenvalue weighted by atomic mass is 10.2. The first kappa shape index (κ1) is 18.5. The molecule has 0 radical (unpaired) electrons. The van der Waals surface area contributed by atoms with Crippen LogP contribution in [-0.4, -0.2) is 33.4 Å². The first-order valence-corrected chi connectivity index (χ1v) is 8.96. The van der Waals surface area contributed by atoms with Gasteiger partial charge in [-0.25, -0.2) is 19.7 Å². The Morgan fingerprint density at radius 2 is 1.96 bits per heavy atom. The maximum absolute atomic E-state index is 12.3. The highest BCUT2D eigenvalue weighted by molar-refractivity contribution is 7.14. The number of anilines is 1. The fourth-order valence-corrected chi connectivity index (χ4v) is 2.74. The number of thiazole rings is 1. The molecule has 9 heteroatoms. The van der Waals surface area contributed by atoms with Crippen molar-refractivity contribution in [1.29, 1.82) is 0 Å². The van der Waals surface area contributed by atoms with E-state index >= 15 is 0 Å². The van der Waals surface area contributed by atoms with Gasteiger partial charge in [-0.3, -0.25) is 10.1 Å². The molecule has 3 aromatic rings. The zero-order valence-electron chi connectivity index (χ0n) is 14.4. The minimum absolute atomic E-state index is 0.126. The van der Waals surface area contributed by atoms with Gasteiger partial charge in [0.2, 0.25) is 5.88 Å². The van der Waals surface area contributed by atoms with Crippen LogP contribution in [0.25, 0.3) is 0 Å². The second-order valence-corrected chi connectivity index (χ2v) is 6.09. The lowest BCUT2D eigenvalue weighted by Crippen LogP contribution is -2.14. The predicted molar refractivity (Wildman–Crippen MR) is 98.8 cm³/mol. The average molecular weight is 384 g/mol. The summed E-state index contributed by atoms with van der Waals surface area (Å²) < 4.78 is 10.5. The molecule has 0 bridgehead atoms. The van der Waals surface area contributed by atoms with Gasteiger partial charge >= 0.3 is 5.97 Å². The normalized spacial score (nSPS) is 10.3. The van der Waals surface area contributed by atoms with Crippen LogP contribution in [0.15, 0.2) is 48.1 Å². The highest BCUT2D eigenvalue weighted by Crippen LogP contribution is 2.18. The Morgan fingerprint density at radius 3 is 2.74 bits per heavy atom. The van der Waals surface area contributed by atoms with Gasteiger partial charge in [-0.1, -0.05) is 30.3 Å². The number of carbonyl (C=O) groups excluding carboxylic acids is 2. The highest BCUT2D eigenvalue weighted by Gasteiger charge is 2.15. The summed E-state index contributed by atoms with van der Waals surface area (Å²) in [6.07, 6.45) is 1.25. The number of ether oxygens (including phenoxy) is 2. The molecule has 0 spiro atoms. The number of carbonyl (C=O) groups is 2. The number of aromatic nitrogens is 3. The molecule has 1 N–H and O–H groups in total. The standard InChI is InChI=1S/C18H16N4O4S/c1-2-25-17(24)14-10-27-18(21-14)22-16(23)13-8-15(20-11-19-13)26-9-12-6-4-3-5-7-12/h3-8,10-11H,2,9H2,1H3,(H,21,22,23). The zero-order chi connectivity index (χ0) is 19.1. The number of nitrogens with one attached hydrogen (secondary N) is 1. The molecule has 8 nitrogen and oxygen atoms in total. The van der Waals surface area contributed by atoms with Gasteiger partial charge in [0.05, 0.1) is 6.61 Å². The van der Waals surface area contributed by atoms with Crippen molar-refractivity contribution in [3.63, 3.8) is 0 Å². The number of esters is 1. The SMILES string of the molecule is CCOC(=O)c1csc(NC(=O)c2cc(OCc3ccccc3)ncn2)n1. The summed E-state index contributed by atoms with van der Waals surface area (Å²) in [6, 6.07) is 11.0. The van der Waals surface area contributed by atoms with Crippen molar-refractivity contribution in [3.05, 3.63) is 65.1 Å². The molecule has 0 unspecified atom stereocenters. The number of nitrogens with zero attached hydrogens (tertiary/aromatic N) is 3. The van der Waals surface area contributed by atoms with Crippen molar-refractivity contribution in [2.24, 2.45) is 0 Å². The van der Waals surface area contributed by atoms with Gasteiger partial charge in [0.1, 0.15) is 18.6 Å². The van der Waals surface area contributed by atoms with E-state index in [4.69, 9.17) is 9.47 Å². The van der Waals surface area contributed by atoms with E-state index in [0.29, 0.717) is 6.61 Å². The summed E-state index contributed by atoms with van der Waals surface area (Å²) >= 11 is 1.12. The van der Waals surface area contributed by atoms with Crippen molar-refractivity contribution in [2.45, 2.75) is 13.5 Å². The smallest absolute Gasteiger partial charge is 0.357 e. The lowest BCUT2D eigenvalue weighted by molar-refractivity contribution is 0.0520. The Morgan fingerprint density at radius 1 is 1.15 bits per heavy atom. The second-order valence-electron chi connectivity index (χ2n) is 5.23. The van der Waals surface area contributed by atoms with Crippen LogP contribution >= 0.6 is 11.3 Å². The largest absolute Gasteiger partial charge is 0.473 e. The Kier molecular flexibility index (Phi) is 6.06. The molecule has 0 aliphatic carbocycles. The van der Waals surface area contributed by atoms with E-state index in [-0.39, 0.29) is 29.0 Å². The van der Waals surface area contributed by atoms with E-state index in [0.717, 1.165) is 16.9 Å². The third-order valence-corrected chi connectivity index (χ3v) is 4.07. The first-order chi connectivity index (χ1) is 13.2. The number of amides is 1. The Labute approximate surface area is 159 Å². The molecule has 0 aliphatic heterocycles. The van der Waals surface area contributed by atoms with Gasteiger partial charge in [0.15, 0.2) is 10.8 Å². The number of hydrogen-bond donors (Lipinski definition) is 1. The van der Waals surface area contributed by atoms with Crippen LogP contribution < -0.4 is 10.1 Å². The van der Waals surface area contributed by atoms with Crippen LogP contribution in [0.4, 0.5) is 5.13 Å². The van der Waals surface area contributed by atoms with E-state index in [1.165, 1.54) is 17.8 Å². The molecule has 0 atom stereocenters. The molecule has 0 fully saturated rings. The van der Waals surface area contributed by atoms with Gasteiger partial charge in [-0.05, 0) is 12.5 Å². The van der Waals surface area contributed by atoms with Crippen LogP contribution in [0.3, 0.4) is 0 Å². The lowest BCUT2D eigenvalue weighted by Gasteiger charge is -2.06. The molecular weight excluding hydrogens is 368 g/mol. The molecule has 2 aromatic heterocycles. The summed E-state index contributed by atoms with van der Waals surface area (Å²) in [6.45, 7) is 2.29. The number of benzene rings is 1. The Hall–Kier alpha value is -3.33. The van der Waals surface area contributed by atoms with Gasteiger partial charge in [0.25, 0.3) is 5.91 Å². The first-order valence-electron chi connectivity index (χ1n) is 8.08. The van der Waals surface area contributed by atoms with Crippen LogP contribution in [0.1, 0.15) is 33.5 Å². The summed E-state index contributed by atoms with van der Waals surface area (Å²) in [5.74, 6) is -0.732. The summed E-state index contributed by atoms with van der Waals surface area (Å²) in [5, 5.41) is 4.38. The van der Waals surface area contributed by atoms with E-state index in [9.17, 15) is 9.59 Å². The molecule has 1 aromatic carbocycles. The maximum Gasteiger partial charge on any atom is 0.357 e. The predicted octanol–water partition coefficient (Wildman–Crippen LogP) is 2.94. The number of hydrogen-bond acceptors (Lipinski definition) is 8. The Bertz CT molecular complexity index is 930. The fraction of sp³-hybridized carbons (Fsp3) is 0.167. The van der Waals surface area contributed by atoms with Gasteiger partial charge < -0.3 is 9.47 Å². The van der Waals surface area contributed by atoms with Crippen LogP contribution in [0.5, 0.6) is 5.88 Å². The van der Waals surface area contributed by atoms with Crippen molar-refractivity contribution >= 4 is 28.3 Å².